The zero-order chi connectivity index (χ0) is 15.0. The molecular weight excluding hydrogens is 286 g/mol. The van der Waals surface area contributed by atoms with Crippen LogP contribution in [0.2, 0.25) is 0 Å². The molecule has 0 radical (unpaired) electrons. The summed E-state index contributed by atoms with van der Waals surface area (Å²) < 4.78 is 24.7. The number of benzene rings is 1. The van der Waals surface area contributed by atoms with Crippen molar-refractivity contribution in [2.45, 2.75) is 24.9 Å². The molecule has 0 saturated carbocycles. The summed E-state index contributed by atoms with van der Waals surface area (Å²) in [6.07, 6.45) is 3.39. The predicted molar refractivity (Wildman–Crippen MR) is 83.5 cm³/mol. The third-order valence-electron chi connectivity index (χ3n) is 4.75. The monoisotopic (exact) mass is 309 g/mol. The van der Waals surface area contributed by atoms with E-state index in [1.54, 1.807) is 4.31 Å². The second-order valence-corrected chi connectivity index (χ2v) is 8.01. The fourth-order valence-electron chi connectivity index (χ4n) is 3.55. The Morgan fingerprint density at radius 2 is 1.81 bits per heavy atom. The van der Waals surface area contributed by atoms with Gasteiger partial charge in [0.05, 0.1) is 6.26 Å². The third-order valence-corrected chi connectivity index (χ3v) is 6.05. The van der Waals surface area contributed by atoms with Gasteiger partial charge in [0, 0.05) is 38.3 Å². The maximum absolute atomic E-state index is 11.6. The molecular formula is C15H23N3O2S. The lowest BCUT2D eigenvalue weighted by atomic mass is 9.83. The fourth-order valence-corrected chi connectivity index (χ4v) is 4.38. The first-order valence-electron chi connectivity index (χ1n) is 7.49. The molecule has 2 N–H and O–H groups in total. The molecule has 6 heteroatoms. The molecule has 0 spiro atoms. The summed E-state index contributed by atoms with van der Waals surface area (Å²) in [4.78, 5) is 2.36. The van der Waals surface area contributed by atoms with Crippen LogP contribution in [-0.2, 0) is 16.4 Å². The smallest absolute Gasteiger partial charge is 0.211 e. The number of nitrogens with two attached hydrogens (primary N) is 1. The molecule has 1 aromatic carbocycles. The van der Waals surface area contributed by atoms with E-state index in [0.717, 1.165) is 25.9 Å². The van der Waals surface area contributed by atoms with E-state index in [0.29, 0.717) is 19.1 Å². The van der Waals surface area contributed by atoms with E-state index >= 15 is 0 Å². The number of aryl methyl sites for hydroxylation is 1. The van der Waals surface area contributed by atoms with Gasteiger partial charge < -0.3 is 5.73 Å². The van der Waals surface area contributed by atoms with Gasteiger partial charge in [-0.2, -0.15) is 4.31 Å². The Labute approximate surface area is 126 Å². The van der Waals surface area contributed by atoms with Crippen LogP contribution in [0.5, 0.6) is 0 Å². The Hall–Kier alpha value is -0.950. The van der Waals surface area contributed by atoms with Crippen LogP contribution in [0.1, 0.15) is 23.6 Å². The minimum absolute atomic E-state index is 0.0275. The fraction of sp³-hybridized carbons (Fsp3) is 0.600. The molecule has 1 heterocycles. The van der Waals surface area contributed by atoms with Gasteiger partial charge in [0.2, 0.25) is 10.0 Å². The van der Waals surface area contributed by atoms with Crippen molar-refractivity contribution in [3.63, 3.8) is 0 Å². The lowest BCUT2D eigenvalue weighted by Gasteiger charge is -2.43. The van der Waals surface area contributed by atoms with Crippen molar-refractivity contribution in [1.29, 1.82) is 0 Å². The summed E-state index contributed by atoms with van der Waals surface area (Å²) in [5.41, 5.74) is 9.08. The first-order valence-corrected chi connectivity index (χ1v) is 9.34. The van der Waals surface area contributed by atoms with Crippen LogP contribution in [0.3, 0.4) is 0 Å². The summed E-state index contributed by atoms with van der Waals surface area (Å²) in [5.74, 6) is 0. The Morgan fingerprint density at radius 1 is 1.14 bits per heavy atom. The second kappa shape index (κ2) is 5.68. The van der Waals surface area contributed by atoms with Crippen molar-refractivity contribution in [3.05, 3.63) is 35.4 Å². The standard InChI is InChI=1S/C15H23N3O2S/c1-21(19,20)18-10-8-17(9-11-18)14-7-6-12-4-2-3-5-13(12)15(14)16/h2-5,14-15H,6-11,16H2,1H3. The van der Waals surface area contributed by atoms with E-state index in [1.807, 2.05) is 6.07 Å². The summed E-state index contributed by atoms with van der Waals surface area (Å²) in [6.45, 7) is 2.69. The normalized spacial score (nSPS) is 28.3. The van der Waals surface area contributed by atoms with Gasteiger partial charge in [0.1, 0.15) is 0 Å². The molecule has 1 saturated heterocycles. The molecule has 3 rings (SSSR count). The van der Waals surface area contributed by atoms with Gasteiger partial charge in [-0.15, -0.1) is 0 Å². The molecule has 1 aliphatic heterocycles. The van der Waals surface area contributed by atoms with Gasteiger partial charge >= 0.3 is 0 Å². The molecule has 0 aromatic heterocycles. The summed E-state index contributed by atoms with van der Waals surface area (Å²) >= 11 is 0. The highest BCUT2D eigenvalue weighted by Gasteiger charge is 2.34. The van der Waals surface area contributed by atoms with Gasteiger partial charge in [-0.3, -0.25) is 4.90 Å². The summed E-state index contributed by atoms with van der Waals surface area (Å²) in [6, 6.07) is 8.74. The minimum Gasteiger partial charge on any atom is -0.323 e. The van der Waals surface area contributed by atoms with Crippen LogP contribution in [0.4, 0.5) is 0 Å². The van der Waals surface area contributed by atoms with E-state index in [2.05, 4.69) is 23.1 Å². The molecule has 0 bridgehead atoms. The lowest BCUT2D eigenvalue weighted by molar-refractivity contribution is 0.110. The maximum Gasteiger partial charge on any atom is 0.211 e. The average molecular weight is 309 g/mol. The molecule has 1 aromatic rings. The van der Waals surface area contributed by atoms with Gasteiger partial charge in [-0.05, 0) is 24.0 Å². The molecule has 0 amide bonds. The number of rotatable bonds is 2. The summed E-state index contributed by atoms with van der Waals surface area (Å²) in [5, 5.41) is 0. The Bertz CT molecular complexity index is 609. The predicted octanol–water partition coefficient (Wildman–Crippen LogP) is 0.578. The number of nitrogens with zero attached hydrogens (tertiary/aromatic N) is 2. The number of hydrogen-bond donors (Lipinski definition) is 1. The SMILES string of the molecule is CS(=O)(=O)N1CCN(C2CCc3ccccc3C2N)CC1. The number of sulfonamides is 1. The average Bonchev–Trinajstić information content (AvgIpc) is 2.47. The van der Waals surface area contributed by atoms with Gasteiger partial charge in [-0.25, -0.2) is 8.42 Å². The van der Waals surface area contributed by atoms with E-state index in [1.165, 1.54) is 17.4 Å². The van der Waals surface area contributed by atoms with Crippen LogP contribution in [0.25, 0.3) is 0 Å². The zero-order valence-corrected chi connectivity index (χ0v) is 13.2. The Kier molecular flexibility index (Phi) is 4.05. The van der Waals surface area contributed by atoms with Crippen molar-refractivity contribution in [3.8, 4) is 0 Å². The first-order chi connectivity index (χ1) is 9.97. The highest BCUT2D eigenvalue weighted by Crippen LogP contribution is 2.31. The first kappa shape index (κ1) is 15.0. The van der Waals surface area contributed by atoms with Crippen LogP contribution >= 0.6 is 0 Å². The Morgan fingerprint density at radius 3 is 2.48 bits per heavy atom. The van der Waals surface area contributed by atoms with E-state index in [9.17, 15) is 8.42 Å². The highest BCUT2D eigenvalue weighted by molar-refractivity contribution is 7.88. The lowest BCUT2D eigenvalue weighted by Crippen LogP contribution is -2.55. The topological polar surface area (TPSA) is 66.6 Å². The van der Waals surface area contributed by atoms with Crippen LogP contribution in [-0.4, -0.2) is 56.1 Å². The maximum atomic E-state index is 11.6. The van der Waals surface area contributed by atoms with Crippen molar-refractivity contribution in [2.24, 2.45) is 5.73 Å². The molecule has 21 heavy (non-hydrogen) atoms. The zero-order valence-electron chi connectivity index (χ0n) is 12.4. The molecule has 2 atom stereocenters. The largest absolute Gasteiger partial charge is 0.323 e. The van der Waals surface area contributed by atoms with Gasteiger partial charge in [0.15, 0.2) is 0 Å². The highest BCUT2D eigenvalue weighted by atomic mass is 32.2. The number of fused-ring (bicyclic) bond motifs is 1. The van der Waals surface area contributed by atoms with E-state index < -0.39 is 10.0 Å². The molecule has 2 unspecified atom stereocenters. The van der Waals surface area contributed by atoms with Gasteiger partial charge in [-0.1, -0.05) is 24.3 Å². The molecule has 2 aliphatic rings. The third kappa shape index (κ3) is 2.99. The minimum atomic E-state index is -3.07. The van der Waals surface area contributed by atoms with E-state index in [4.69, 9.17) is 5.73 Å². The van der Waals surface area contributed by atoms with Crippen molar-refractivity contribution in [2.75, 3.05) is 32.4 Å². The quantitative estimate of drug-likeness (QED) is 0.868. The molecule has 1 fully saturated rings. The van der Waals surface area contributed by atoms with E-state index in [-0.39, 0.29) is 6.04 Å². The Balaban J connectivity index is 1.70. The second-order valence-electron chi connectivity index (χ2n) is 6.03. The van der Waals surface area contributed by atoms with Crippen LogP contribution in [0, 0.1) is 0 Å². The molecule has 5 nitrogen and oxygen atoms in total. The van der Waals surface area contributed by atoms with Crippen molar-refractivity contribution in [1.82, 2.24) is 9.21 Å². The number of hydrogen-bond acceptors (Lipinski definition) is 4. The van der Waals surface area contributed by atoms with Crippen LogP contribution in [0.15, 0.2) is 24.3 Å². The molecule has 1 aliphatic carbocycles. The van der Waals surface area contributed by atoms with Crippen molar-refractivity contribution < 1.29 is 8.42 Å². The number of piperazine rings is 1. The van der Waals surface area contributed by atoms with Crippen molar-refractivity contribution >= 4 is 10.0 Å². The van der Waals surface area contributed by atoms with Crippen LogP contribution < -0.4 is 5.73 Å². The summed E-state index contributed by atoms with van der Waals surface area (Å²) in [7, 11) is -3.07. The molecule has 116 valence electrons. The van der Waals surface area contributed by atoms with Gasteiger partial charge in [0.25, 0.3) is 0 Å².